The summed E-state index contributed by atoms with van der Waals surface area (Å²) in [4.78, 5) is 10.3. The Labute approximate surface area is 115 Å². The Morgan fingerprint density at radius 2 is 2.00 bits per heavy atom. The molecule has 0 aliphatic heterocycles. The topological polar surface area (TPSA) is 105 Å². The van der Waals surface area contributed by atoms with Gasteiger partial charge in [-0.1, -0.05) is 6.07 Å². The van der Waals surface area contributed by atoms with Gasteiger partial charge in [-0.15, -0.1) is 0 Å². The largest absolute Gasteiger partial charge is 0.399 e. The van der Waals surface area contributed by atoms with E-state index in [0.29, 0.717) is 22.6 Å². The van der Waals surface area contributed by atoms with Gasteiger partial charge in [0, 0.05) is 23.5 Å². The minimum atomic E-state index is -0.460. The van der Waals surface area contributed by atoms with E-state index in [1.165, 1.54) is 12.1 Å². The van der Waals surface area contributed by atoms with E-state index >= 15 is 0 Å². The van der Waals surface area contributed by atoms with Crippen LogP contribution in [0.15, 0.2) is 36.4 Å². The highest BCUT2D eigenvalue weighted by atomic mass is 16.6. The lowest BCUT2D eigenvalue weighted by Gasteiger charge is -2.11. The summed E-state index contributed by atoms with van der Waals surface area (Å²) in [6, 6.07) is 11.5. The maximum atomic E-state index is 10.8. The number of benzene rings is 2. The summed E-state index contributed by atoms with van der Waals surface area (Å²) >= 11 is 0. The van der Waals surface area contributed by atoms with Crippen LogP contribution in [0, 0.1) is 28.4 Å². The fraction of sp³-hybridized carbons (Fsp3) is 0.0714. The van der Waals surface area contributed by atoms with E-state index in [2.05, 4.69) is 5.32 Å². The van der Waals surface area contributed by atoms with Crippen LogP contribution in [0.4, 0.5) is 22.7 Å². The van der Waals surface area contributed by atoms with Crippen molar-refractivity contribution in [3.8, 4) is 6.07 Å². The highest BCUT2D eigenvalue weighted by molar-refractivity contribution is 5.72. The molecule has 0 bridgehead atoms. The number of rotatable bonds is 3. The average molecular weight is 268 g/mol. The molecule has 3 N–H and O–H groups in total. The summed E-state index contributed by atoms with van der Waals surface area (Å²) in [7, 11) is 0. The normalized spacial score (nSPS) is 9.80. The van der Waals surface area contributed by atoms with Crippen LogP contribution in [0.1, 0.15) is 11.1 Å². The van der Waals surface area contributed by atoms with Gasteiger partial charge in [0.1, 0.15) is 6.07 Å². The van der Waals surface area contributed by atoms with Crippen molar-refractivity contribution in [3.63, 3.8) is 0 Å². The first kappa shape index (κ1) is 13.4. The van der Waals surface area contributed by atoms with E-state index in [0.717, 1.165) is 5.56 Å². The van der Waals surface area contributed by atoms with Crippen molar-refractivity contribution in [2.75, 3.05) is 11.1 Å². The number of aryl methyl sites for hydroxylation is 1. The number of hydrogen-bond acceptors (Lipinski definition) is 5. The number of nitrogens with zero attached hydrogens (tertiary/aromatic N) is 2. The van der Waals surface area contributed by atoms with Crippen LogP contribution in [-0.2, 0) is 0 Å². The van der Waals surface area contributed by atoms with Crippen LogP contribution in [0.5, 0.6) is 0 Å². The fourth-order valence-corrected chi connectivity index (χ4v) is 1.77. The Balaban J connectivity index is 2.42. The molecule has 0 saturated carbocycles. The molecular weight excluding hydrogens is 256 g/mol. The van der Waals surface area contributed by atoms with Gasteiger partial charge in [-0.2, -0.15) is 5.26 Å². The molecule has 2 aromatic carbocycles. The molecule has 0 aliphatic carbocycles. The number of nitro groups is 1. The molecule has 0 heterocycles. The lowest BCUT2D eigenvalue weighted by Crippen LogP contribution is -1.98. The van der Waals surface area contributed by atoms with E-state index in [4.69, 9.17) is 11.0 Å². The SMILES string of the molecule is Cc1ccc([N+](=O)[O-])cc1Nc1ccc(N)cc1C#N. The first-order valence-corrected chi connectivity index (χ1v) is 5.83. The van der Waals surface area contributed by atoms with Crippen LogP contribution in [-0.4, -0.2) is 4.92 Å². The van der Waals surface area contributed by atoms with Gasteiger partial charge in [-0.05, 0) is 30.7 Å². The highest BCUT2D eigenvalue weighted by Gasteiger charge is 2.10. The van der Waals surface area contributed by atoms with Crippen LogP contribution in [0.25, 0.3) is 0 Å². The summed E-state index contributed by atoms with van der Waals surface area (Å²) in [6.07, 6.45) is 0. The highest BCUT2D eigenvalue weighted by Crippen LogP contribution is 2.27. The van der Waals surface area contributed by atoms with Gasteiger partial charge < -0.3 is 11.1 Å². The first-order valence-electron chi connectivity index (χ1n) is 5.83. The van der Waals surface area contributed by atoms with E-state index in [-0.39, 0.29) is 5.69 Å². The third-order valence-corrected chi connectivity index (χ3v) is 2.87. The number of nitrogens with one attached hydrogen (secondary N) is 1. The Kier molecular flexibility index (Phi) is 3.53. The zero-order valence-corrected chi connectivity index (χ0v) is 10.8. The second-order valence-corrected chi connectivity index (χ2v) is 4.30. The van der Waals surface area contributed by atoms with Crippen LogP contribution >= 0.6 is 0 Å². The van der Waals surface area contributed by atoms with Crippen molar-refractivity contribution in [2.45, 2.75) is 6.92 Å². The zero-order valence-electron chi connectivity index (χ0n) is 10.8. The average Bonchev–Trinajstić information content (AvgIpc) is 2.42. The molecule has 0 aliphatic rings. The third-order valence-electron chi connectivity index (χ3n) is 2.87. The number of non-ortho nitro benzene ring substituents is 1. The van der Waals surface area contributed by atoms with Crippen LogP contribution < -0.4 is 11.1 Å². The van der Waals surface area contributed by atoms with Gasteiger partial charge in [0.2, 0.25) is 0 Å². The van der Waals surface area contributed by atoms with Crippen molar-refractivity contribution in [1.82, 2.24) is 0 Å². The molecule has 100 valence electrons. The lowest BCUT2D eigenvalue weighted by molar-refractivity contribution is -0.384. The molecule has 0 radical (unpaired) electrons. The van der Waals surface area contributed by atoms with Gasteiger partial charge in [0.25, 0.3) is 5.69 Å². The van der Waals surface area contributed by atoms with Gasteiger partial charge in [0.15, 0.2) is 0 Å². The van der Waals surface area contributed by atoms with E-state index < -0.39 is 4.92 Å². The van der Waals surface area contributed by atoms with E-state index in [9.17, 15) is 10.1 Å². The summed E-state index contributed by atoms with van der Waals surface area (Å²) in [5.74, 6) is 0. The predicted molar refractivity (Wildman–Crippen MR) is 76.7 cm³/mol. The number of anilines is 3. The van der Waals surface area contributed by atoms with Gasteiger partial charge in [0.05, 0.1) is 16.2 Å². The number of nitrogens with two attached hydrogens (primary N) is 1. The smallest absolute Gasteiger partial charge is 0.271 e. The molecule has 0 saturated heterocycles. The van der Waals surface area contributed by atoms with Crippen molar-refractivity contribution in [3.05, 3.63) is 57.6 Å². The molecule has 20 heavy (non-hydrogen) atoms. The molecular formula is C14H12N4O2. The second kappa shape index (κ2) is 5.28. The fourth-order valence-electron chi connectivity index (χ4n) is 1.77. The molecule has 2 aromatic rings. The summed E-state index contributed by atoms with van der Waals surface area (Å²) in [5.41, 5.74) is 8.48. The molecule has 0 atom stereocenters. The maximum Gasteiger partial charge on any atom is 0.271 e. The molecule has 0 aromatic heterocycles. The zero-order chi connectivity index (χ0) is 14.7. The lowest BCUT2D eigenvalue weighted by atomic mass is 10.1. The van der Waals surface area contributed by atoms with Crippen LogP contribution in [0.2, 0.25) is 0 Å². The van der Waals surface area contributed by atoms with Crippen molar-refractivity contribution in [1.29, 1.82) is 5.26 Å². The van der Waals surface area contributed by atoms with Gasteiger partial charge in [-0.25, -0.2) is 0 Å². The second-order valence-electron chi connectivity index (χ2n) is 4.30. The molecule has 6 heteroatoms. The Morgan fingerprint density at radius 3 is 2.65 bits per heavy atom. The number of hydrogen-bond donors (Lipinski definition) is 2. The Morgan fingerprint density at radius 1 is 1.25 bits per heavy atom. The van der Waals surface area contributed by atoms with Gasteiger partial charge in [-0.3, -0.25) is 10.1 Å². The van der Waals surface area contributed by atoms with Crippen molar-refractivity contribution in [2.24, 2.45) is 0 Å². The molecule has 6 nitrogen and oxygen atoms in total. The van der Waals surface area contributed by atoms with E-state index in [1.54, 1.807) is 24.3 Å². The number of nitrogen functional groups attached to an aromatic ring is 1. The Hall–Kier alpha value is -3.07. The van der Waals surface area contributed by atoms with Crippen LogP contribution in [0.3, 0.4) is 0 Å². The molecule has 0 unspecified atom stereocenters. The molecule has 0 fully saturated rings. The predicted octanol–water partition coefficient (Wildman–Crippen LogP) is 3.10. The summed E-state index contributed by atoms with van der Waals surface area (Å²) in [6.45, 7) is 1.83. The van der Waals surface area contributed by atoms with E-state index in [1.807, 2.05) is 13.0 Å². The summed E-state index contributed by atoms with van der Waals surface area (Å²) < 4.78 is 0. The third kappa shape index (κ3) is 2.67. The number of nitro benzene ring substituents is 1. The molecule has 2 rings (SSSR count). The molecule has 0 amide bonds. The number of nitriles is 1. The molecule has 0 spiro atoms. The monoisotopic (exact) mass is 268 g/mol. The van der Waals surface area contributed by atoms with Crippen molar-refractivity contribution >= 4 is 22.7 Å². The minimum absolute atomic E-state index is 0.00736. The summed E-state index contributed by atoms with van der Waals surface area (Å²) in [5, 5.41) is 22.9. The van der Waals surface area contributed by atoms with Crippen molar-refractivity contribution < 1.29 is 4.92 Å². The first-order chi connectivity index (χ1) is 9.51. The maximum absolute atomic E-state index is 10.8. The Bertz CT molecular complexity index is 720. The quantitative estimate of drug-likeness (QED) is 0.505. The standard InChI is InChI=1S/C14H12N4O2/c1-9-2-4-12(18(19)20)7-14(9)17-13-5-3-11(16)6-10(13)8-15/h2-7,17H,16H2,1H3. The minimum Gasteiger partial charge on any atom is -0.399 e. The van der Waals surface area contributed by atoms with Gasteiger partial charge >= 0.3 is 0 Å².